The molecule has 3 rings (SSSR count). The highest BCUT2D eigenvalue weighted by Gasteiger charge is 2.43. The molecule has 1 aromatic heterocycles. The molecule has 0 saturated heterocycles. The third-order valence-corrected chi connectivity index (χ3v) is 5.04. The zero-order valence-electron chi connectivity index (χ0n) is 16.0. The predicted molar refractivity (Wildman–Crippen MR) is 108 cm³/mol. The third-order valence-electron chi connectivity index (χ3n) is 5.04. The summed E-state index contributed by atoms with van der Waals surface area (Å²) < 4.78 is 0. The van der Waals surface area contributed by atoms with Gasteiger partial charge >= 0.3 is 0 Å². The Kier molecular flexibility index (Phi) is 5.12. The van der Waals surface area contributed by atoms with Gasteiger partial charge in [-0.1, -0.05) is 75.4 Å². The van der Waals surface area contributed by atoms with Crippen molar-refractivity contribution < 1.29 is 5.11 Å². The van der Waals surface area contributed by atoms with E-state index in [4.69, 9.17) is 5.26 Å². The molecule has 0 radical (unpaired) electrons. The Morgan fingerprint density at radius 2 is 1.48 bits per heavy atom. The maximum atomic E-state index is 11.7. The van der Waals surface area contributed by atoms with E-state index < -0.39 is 11.0 Å². The van der Waals surface area contributed by atoms with E-state index in [1.54, 1.807) is 12.4 Å². The minimum absolute atomic E-state index is 0.406. The van der Waals surface area contributed by atoms with E-state index in [2.05, 4.69) is 11.1 Å². The molecule has 0 spiro atoms. The van der Waals surface area contributed by atoms with Crippen molar-refractivity contribution in [3.05, 3.63) is 89.7 Å². The van der Waals surface area contributed by atoms with Crippen molar-refractivity contribution >= 4 is 0 Å². The van der Waals surface area contributed by atoms with Gasteiger partial charge < -0.3 is 5.11 Å². The molecule has 1 N–H and O–H groups in total. The van der Waals surface area contributed by atoms with Crippen molar-refractivity contribution in [1.82, 2.24) is 4.98 Å². The van der Waals surface area contributed by atoms with Crippen LogP contribution in [0.15, 0.2) is 73.1 Å². The number of nitrogens with zero attached hydrogens (tertiary/aromatic N) is 2. The first kappa shape index (κ1) is 18.8. The van der Waals surface area contributed by atoms with Gasteiger partial charge in [-0.3, -0.25) is 4.98 Å². The number of hydrogen-bond acceptors (Lipinski definition) is 3. The largest absolute Gasteiger partial charge is 0.380 e. The molecule has 3 heteroatoms. The Balaban J connectivity index is 1.98. The third kappa shape index (κ3) is 3.63. The van der Waals surface area contributed by atoms with E-state index in [9.17, 15) is 5.11 Å². The summed E-state index contributed by atoms with van der Waals surface area (Å²) in [4.78, 5) is 4.20. The van der Waals surface area contributed by atoms with Crippen molar-refractivity contribution in [3.8, 4) is 17.2 Å². The Morgan fingerprint density at radius 3 is 1.96 bits per heavy atom. The van der Waals surface area contributed by atoms with Crippen LogP contribution in [0.3, 0.4) is 0 Å². The Hall–Kier alpha value is -2.96. The summed E-state index contributed by atoms with van der Waals surface area (Å²) in [5.41, 5.74) is 3.25. The summed E-state index contributed by atoms with van der Waals surface area (Å²) in [6.45, 7) is 6.09. The molecule has 3 nitrogen and oxygen atoms in total. The number of hydrogen-bond donors (Lipinski definition) is 1. The zero-order chi connectivity index (χ0) is 19.5. The van der Waals surface area contributed by atoms with Crippen molar-refractivity contribution in [1.29, 1.82) is 5.26 Å². The molecular weight excluding hydrogens is 332 g/mol. The fourth-order valence-electron chi connectivity index (χ4n) is 3.42. The number of rotatable bonds is 4. The summed E-state index contributed by atoms with van der Waals surface area (Å²) >= 11 is 0. The average molecular weight is 356 g/mol. The molecular formula is C24H24N2O. The monoisotopic (exact) mass is 356 g/mol. The highest BCUT2D eigenvalue weighted by atomic mass is 16.3. The molecule has 0 aliphatic carbocycles. The second kappa shape index (κ2) is 7.34. The van der Waals surface area contributed by atoms with Gasteiger partial charge in [-0.2, -0.15) is 5.26 Å². The number of benzene rings is 2. The first-order valence-electron chi connectivity index (χ1n) is 9.06. The van der Waals surface area contributed by atoms with E-state index in [1.165, 1.54) is 0 Å². The van der Waals surface area contributed by atoms with Crippen molar-refractivity contribution in [2.24, 2.45) is 5.41 Å². The Morgan fingerprint density at radius 1 is 0.889 bits per heavy atom. The van der Waals surface area contributed by atoms with E-state index in [0.29, 0.717) is 6.42 Å². The van der Waals surface area contributed by atoms with Crippen LogP contribution in [0.5, 0.6) is 0 Å². The summed E-state index contributed by atoms with van der Waals surface area (Å²) in [5.74, 6) is 0. The summed E-state index contributed by atoms with van der Waals surface area (Å²) in [7, 11) is 0. The molecule has 1 unspecified atom stereocenters. The fraction of sp³-hybridized carbons (Fsp3) is 0.250. The Labute approximate surface area is 161 Å². The predicted octanol–water partition coefficient (Wildman–Crippen LogP) is 5.10. The quantitative estimate of drug-likeness (QED) is 0.708. The van der Waals surface area contributed by atoms with Gasteiger partial charge in [0.1, 0.15) is 5.60 Å². The zero-order valence-corrected chi connectivity index (χ0v) is 16.0. The van der Waals surface area contributed by atoms with Crippen LogP contribution >= 0.6 is 0 Å². The number of pyridine rings is 1. The van der Waals surface area contributed by atoms with Crippen LogP contribution < -0.4 is 0 Å². The average Bonchev–Trinajstić information content (AvgIpc) is 2.68. The summed E-state index contributed by atoms with van der Waals surface area (Å²) in [6.07, 6.45) is 3.86. The minimum Gasteiger partial charge on any atom is -0.380 e. The number of aromatic nitrogens is 1. The van der Waals surface area contributed by atoms with Gasteiger partial charge in [0.15, 0.2) is 0 Å². The van der Waals surface area contributed by atoms with Gasteiger partial charge in [-0.25, -0.2) is 0 Å². The Bertz CT molecular complexity index is 933. The molecule has 1 heterocycles. The van der Waals surface area contributed by atoms with Gasteiger partial charge in [-0.05, 0) is 33.7 Å². The van der Waals surface area contributed by atoms with Crippen LogP contribution in [-0.2, 0) is 12.0 Å². The molecule has 136 valence electrons. The molecule has 2 aromatic carbocycles. The van der Waals surface area contributed by atoms with Crippen molar-refractivity contribution in [2.75, 3.05) is 0 Å². The highest BCUT2D eigenvalue weighted by Crippen LogP contribution is 2.44. The lowest BCUT2D eigenvalue weighted by Gasteiger charge is -2.41. The van der Waals surface area contributed by atoms with E-state index in [0.717, 1.165) is 27.8 Å². The number of nitriles is 1. The van der Waals surface area contributed by atoms with Gasteiger partial charge in [0.25, 0.3) is 0 Å². The second-order valence-electron chi connectivity index (χ2n) is 7.81. The smallest absolute Gasteiger partial charge is 0.121 e. The lowest BCUT2D eigenvalue weighted by Crippen LogP contribution is -2.41. The second-order valence-corrected chi connectivity index (χ2v) is 7.81. The fourth-order valence-corrected chi connectivity index (χ4v) is 3.42. The molecule has 0 aliphatic rings. The topological polar surface area (TPSA) is 56.9 Å². The van der Waals surface area contributed by atoms with Gasteiger partial charge in [0.2, 0.25) is 0 Å². The SMILES string of the molecule is CC(C)(C)C(O)(c1ccc(-c2ccc(CC#N)cc2)cc1)c1cccnc1. The van der Waals surface area contributed by atoms with Crippen LogP contribution in [-0.4, -0.2) is 10.1 Å². The van der Waals surface area contributed by atoms with E-state index in [-0.39, 0.29) is 0 Å². The van der Waals surface area contributed by atoms with Crippen LogP contribution in [0.1, 0.15) is 37.5 Å². The van der Waals surface area contributed by atoms with Crippen LogP contribution in [0, 0.1) is 16.7 Å². The molecule has 1 atom stereocenters. The standard InChI is InChI=1S/C24H24N2O/c1-23(2,3)24(27,22-5-4-16-26-17-22)21-12-10-20(11-13-21)19-8-6-18(7-9-19)14-15-25/h4-13,16-17,27H,14H2,1-3H3. The van der Waals surface area contributed by atoms with Gasteiger partial charge in [0, 0.05) is 18.0 Å². The van der Waals surface area contributed by atoms with E-state index >= 15 is 0 Å². The lowest BCUT2D eigenvalue weighted by atomic mass is 9.68. The first-order chi connectivity index (χ1) is 12.9. The molecule has 0 fully saturated rings. The van der Waals surface area contributed by atoms with Crippen molar-refractivity contribution in [2.45, 2.75) is 32.8 Å². The molecule has 27 heavy (non-hydrogen) atoms. The maximum Gasteiger partial charge on any atom is 0.121 e. The molecule has 0 bridgehead atoms. The molecule has 0 amide bonds. The molecule has 3 aromatic rings. The first-order valence-corrected chi connectivity index (χ1v) is 9.06. The normalized spacial score (nSPS) is 13.6. The van der Waals surface area contributed by atoms with Gasteiger partial charge in [-0.15, -0.1) is 0 Å². The van der Waals surface area contributed by atoms with Crippen LogP contribution in [0.2, 0.25) is 0 Å². The lowest BCUT2D eigenvalue weighted by molar-refractivity contribution is -0.0261. The molecule has 0 aliphatic heterocycles. The van der Waals surface area contributed by atoms with Crippen molar-refractivity contribution in [3.63, 3.8) is 0 Å². The van der Waals surface area contributed by atoms with Crippen LogP contribution in [0.25, 0.3) is 11.1 Å². The van der Waals surface area contributed by atoms with E-state index in [1.807, 2.05) is 81.4 Å². The summed E-state index contributed by atoms with van der Waals surface area (Å²) in [5, 5.41) is 20.5. The maximum absolute atomic E-state index is 11.7. The molecule has 0 saturated carbocycles. The van der Waals surface area contributed by atoms with Gasteiger partial charge in [0.05, 0.1) is 12.5 Å². The van der Waals surface area contributed by atoms with Crippen LogP contribution in [0.4, 0.5) is 0 Å². The number of aliphatic hydroxyl groups is 1. The highest BCUT2D eigenvalue weighted by molar-refractivity contribution is 5.64. The minimum atomic E-state index is -1.14. The summed E-state index contributed by atoms with van der Waals surface area (Å²) in [6, 6.07) is 22.0.